The summed E-state index contributed by atoms with van der Waals surface area (Å²) in [4.78, 5) is 1.00. The molecule has 0 aromatic carbocycles. The van der Waals surface area contributed by atoms with Gasteiger partial charge in [0.1, 0.15) is 21.5 Å². The molecule has 0 saturated carbocycles. The number of hydrogen-bond donors (Lipinski definition) is 2. The van der Waals surface area contributed by atoms with Crippen LogP contribution in [0.5, 0.6) is 0 Å². The van der Waals surface area contributed by atoms with Crippen molar-refractivity contribution in [1.82, 2.24) is 20.3 Å². The van der Waals surface area contributed by atoms with Crippen molar-refractivity contribution in [1.29, 1.82) is 0 Å². The van der Waals surface area contributed by atoms with Crippen LogP contribution in [0.4, 0.5) is 0 Å². The average Bonchev–Trinajstić information content (AvgIpc) is 3.24. The fourth-order valence-corrected chi connectivity index (χ4v) is 6.41. The number of piperidine rings is 1. The molecule has 2 aromatic heterocycles. The summed E-state index contributed by atoms with van der Waals surface area (Å²) >= 11 is 7.73. The molecule has 0 aliphatic carbocycles. The van der Waals surface area contributed by atoms with Crippen molar-refractivity contribution in [3.63, 3.8) is 0 Å². The van der Waals surface area contributed by atoms with Crippen LogP contribution in [0.15, 0.2) is 12.3 Å². The fraction of sp³-hybridized carbons (Fsp3) is 0.667. The molecule has 2 aliphatic rings. The van der Waals surface area contributed by atoms with Gasteiger partial charge in [-0.2, -0.15) is 0 Å². The second-order valence-electron chi connectivity index (χ2n) is 8.07. The van der Waals surface area contributed by atoms with Gasteiger partial charge in [-0.15, -0.1) is 16.4 Å². The van der Waals surface area contributed by atoms with Crippen LogP contribution >= 0.6 is 22.9 Å². The Hall–Kier alpha value is -1.04. The number of hydrogen-bond acceptors (Lipinski definition) is 8. The topological polar surface area (TPSA) is 106 Å². The molecule has 1 spiro atoms. The zero-order valence-electron chi connectivity index (χ0n) is 16.3. The van der Waals surface area contributed by atoms with Crippen LogP contribution in [0.1, 0.15) is 54.5 Å². The Morgan fingerprint density at radius 3 is 3.03 bits per heavy atom. The summed E-state index contributed by atoms with van der Waals surface area (Å²) in [6.07, 6.45) is 4.39. The van der Waals surface area contributed by atoms with Crippen molar-refractivity contribution in [2.24, 2.45) is 0 Å². The molecule has 4 rings (SSSR count). The largest absolute Gasteiger partial charge is 0.386 e. The minimum Gasteiger partial charge on any atom is -0.386 e. The second-order valence-corrected chi connectivity index (χ2v) is 12.0. The highest BCUT2D eigenvalue weighted by Gasteiger charge is 2.48. The van der Waals surface area contributed by atoms with Crippen LogP contribution in [0.3, 0.4) is 0 Å². The SMILES string of the molecule is C[C@H]1C[C@@]2(C[C@@H](c3cn(CCCS(C)(=O)=O)nn3)N1)OC[C@@H](O)c1cc(Cl)sc12. The van der Waals surface area contributed by atoms with E-state index in [2.05, 4.69) is 22.6 Å². The molecule has 2 aromatic rings. The van der Waals surface area contributed by atoms with Crippen molar-refractivity contribution >= 4 is 32.8 Å². The second kappa shape index (κ2) is 7.90. The van der Waals surface area contributed by atoms with Crippen LogP contribution in [-0.2, 0) is 26.7 Å². The molecule has 11 heteroatoms. The van der Waals surface area contributed by atoms with E-state index >= 15 is 0 Å². The zero-order valence-corrected chi connectivity index (χ0v) is 18.7. The van der Waals surface area contributed by atoms with Gasteiger partial charge < -0.3 is 15.2 Å². The lowest BCUT2D eigenvalue weighted by molar-refractivity contribution is -0.129. The van der Waals surface area contributed by atoms with Gasteiger partial charge >= 0.3 is 0 Å². The van der Waals surface area contributed by atoms with E-state index < -0.39 is 21.5 Å². The Morgan fingerprint density at radius 1 is 1.48 bits per heavy atom. The van der Waals surface area contributed by atoms with Crippen molar-refractivity contribution in [3.8, 4) is 0 Å². The lowest BCUT2D eigenvalue weighted by Crippen LogP contribution is -2.50. The predicted octanol–water partition coefficient (Wildman–Crippen LogP) is 2.20. The highest BCUT2D eigenvalue weighted by molar-refractivity contribution is 7.90. The molecule has 1 saturated heterocycles. The first-order chi connectivity index (χ1) is 13.7. The van der Waals surface area contributed by atoms with Gasteiger partial charge in [-0.3, -0.25) is 4.68 Å². The van der Waals surface area contributed by atoms with E-state index in [9.17, 15) is 13.5 Å². The standard InChI is InChI=1S/C18H25ClN4O4S2/c1-11-7-18(17-12(6-16(19)28-17)15(24)10-27-18)8-13(20-11)14-9-23(22-21-14)4-3-5-29(2,25)26/h6,9,11,13,15,20,24H,3-5,7-8,10H2,1-2H3/t11-,13-,15+,18-/m0/s1. The van der Waals surface area contributed by atoms with Gasteiger partial charge in [0.25, 0.3) is 0 Å². The third-order valence-electron chi connectivity index (χ3n) is 5.49. The lowest BCUT2D eigenvalue weighted by atomic mass is 9.79. The third kappa shape index (κ3) is 4.52. The van der Waals surface area contributed by atoms with Crippen molar-refractivity contribution in [2.75, 3.05) is 18.6 Å². The number of halogens is 1. The van der Waals surface area contributed by atoms with Crippen molar-refractivity contribution < 1.29 is 18.3 Å². The van der Waals surface area contributed by atoms with Gasteiger partial charge in [0, 0.05) is 35.7 Å². The number of fused-ring (bicyclic) bond motifs is 2. The van der Waals surface area contributed by atoms with Gasteiger partial charge in [-0.1, -0.05) is 16.8 Å². The Morgan fingerprint density at radius 2 is 2.28 bits per heavy atom. The Kier molecular flexibility index (Phi) is 5.77. The zero-order chi connectivity index (χ0) is 20.8. The molecule has 1 fully saturated rings. The number of aliphatic hydroxyl groups excluding tert-OH is 1. The van der Waals surface area contributed by atoms with Crippen LogP contribution in [-0.4, -0.2) is 53.2 Å². The number of nitrogens with one attached hydrogen (secondary N) is 1. The van der Waals surface area contributed by atoms with Crippen LogP contribution < -0.4 is 5.32 Å². The number of thiophene rings is 1. The Labute approximate surface area is 179 Å². The number of aryl methyl sites for hydroxylation is 1. The summed E-state index contributed by atoms with van der Waals surface area (Å²) in [5.74, 6) is 0.127. The number of aliphatic hydroxyl groups is 1. The summed E-state index contributed by atoms with van der Waals surface area (Å²) in [6, 6.07) is 1.95. The summed E-state index contributed by atoms with van der Waals surface area (Å²) < 4.78 is 31.2. The van der Waals surface area contributed by atoms with Gasteiger partial charge in [0.05, 0.1) is 34.6 Å². The van der Waals surface area contributed by atoms with Gasteiger partial charge in [-0.25, -0.2) is 8.42 Å². The molecule has 8 nitrogen and oxygen atoms in total. The van der Waals surface area contributed by atoms with E-state index in [0.717, 1.165) is 22.6 Å². The first kappa shape index (κ1) is 21.2. The van der Waals surface area contributed by atoms with E-state index in [1.807, 2.05) is 12.3 Å². The molecular weight excluding hydrogens is 436 g/mol. The van der Waals surface area contributed by atoms with Crippen molar-refractivity contribution in [2.45, 2.75) is 56.5 Å². The number of rotatable bonds is 5. The molecule has 4 atom stereocenters. The molecule has 2 N–H and O–H groups in total. The maximum atomic E-state index is 11.3. The molecule has 0 radical (unpaired) electrons. The van der Waals surface area contributed by atoms with Gasteiger partial charge in [0.2, 0.25) is 0 Å². The van der Waals surface area contributed by atoms with E-state index in [-0.39, 0.29) is 24.4 Å². The monoisotopic (exact) mass is 460 g/mol. The lowest BCUT2D eigenvalue weighted by Gasteiger charge is -2.46. The minimum atomic E-state index is -2.99. The first-order valence-corrected chi connectivity index (χ1v) is 12.9. The maximum Gasteiger partial charge on any atom is 0.147 e. The molecule has 0 amide bonds. The smallest absolute Gasteiger partial charge is 0.147 e. The summed E-state index contributed by atoms with van der Waals surface area (Å²) in [6.45, 7) is 2.85. The maximum absolute atomic E-state index is 11.3. The van der Waals surface area contributed by atoms with E-state index in [1.165, 1.54) is 17.6 Å². The molecule has 2 aliphatic heterocycles. The first-order valence-electron chi connectivity index (χ1n) is 9.61. The summed E-state index contributed by atoms with van der Waals surface area (Å²) in [7, 11) is -2.99. The normalized spacial score (nSPS) is 29.9. The average molecular weight is 461 g/mol. The molecule has 0 bridgehead atoms. The predicted molar refractivity (Wildman–Crippen MR) is 111 cm³/mol. The molecular formula is C18H25ClN4O4S2. The van der Waals surface area contributed by atoms with Crippen LogP contribution in [0, 0.1) is 0 Å². The van der Waals surface area contributed by atoms with E-state index in [1.54, 1.807) is 4.68 Å². The number of aromatic nitrogens is 3. The van der Waals surface area contributed by atoms with Crippen LogP contribution in [0.25, 0.3) is 0 Å². The highest BCUT2D eigenvalue weighted by Crippen LogP contribution is 2.51. The van der Waals surface area contributed by atoms with Gasteiger partial charge in [-0.05, 0) is 25.8 Å². The number of sulfone groups is 1. The molecule has 160 valence electrons. The molecule has 4 heterocycles. The quantitative estimate of drug-likeness (QED) is 0.704. The minimum absolute atomic E-state index is 0.0635. The third-order valence-corrected chi connectivity index (χ3v) is 7.99. The summed E-state index contributed by atoms with van der Waals surface area (Å²) in [5.41, 5.74) is 1.15. The number of nitrogens with zero attached hydrogens (tertiary/aromatic N) is 3. The Bertz CT molecular complexity index is 992. The van der Waals surface area contributed by atoms with Crippen LogP contribution in [0.2, 0.25) is 4.34 Å². The van der Waals surface area contributed by atoms with Crippen molar-refractivity contribution in [3.05, 3.63) is 32.7 Å². The molecule has 29 heavy (non-hydrogen) atoms. The fourth-order valence-electron chi connectivity index (χ4n) is 4.30. The number of ether oxygens (including phenoxy) is 1. The van der Waals surface area contributed by atoms with E-state index in [4.69, 9.17) is 16.3 Å². The highest BCUT2D eigenvalue weighted by atomic mass is 35.5. The van der Waals surface area contributed by atoms with Gasteiger partial charge in [0.15, 0.2) is 0 Å². The molecule has 0 unspecified atom stereocenters. The Balaban J connectivity index is 1.54. The van der Waals surface area contributed by atoms with E-state index in [0.29, 0.717) is 23.7 Å². The summed E-state index contributed by atoms with van der Waals surface area (Å²) in [5, 5.41) is 22.4.